The third kappa shape index (κ3) is 3.92. The molecule has 102 valence electrons. The number of rotatable bonds is 3. The molecule has 0 saturated heterocycles. The fourth-order valence-electron chi connectivity index (χ4n) is 2.56. The van der Waals surface area contributed by atoms with Crippen LogP contribution in [0.4, 0.5) is 0 Å². The smallest absolute Gasteiger partial charge is 0.230 e. The number of thioether (sulfide) groups is 2. The zero-order valence-electron chi connectivity index (χ0n) is 11.1. The Morgan fingerprint density at radius 1 is 1.50 bits per heavy atom. The summed E-state index contributed by atoms with van der Waals surface area (Å²) in [6.45, 7) is 5.46. The molecule has 0 aromatic rings. The third-order valence-corrected chi connectivity index (χ3v) is 6.19. The van der Waals surface area contributed by atoms with Crippen molar-refractivity contribution < 1.29 is 4.79 Å². The van der Waals surface area contributed by atoms with Gasteiger partial charge in [-0.25, -0.2) is 0 Å². The van der Waals surface area contributed by atoms with Crippen molar-refractivity contribution in [3.63, 3.8) is 0 Å². The molecule has 3 nitrogen and oxygen atoms in total. The lowest BCUT2D eigenvalue weighted by atomic mass is 9.78. The van der Waals surface area contributed by atoms with Crippen molar-refractivity contribution in [1.82, 2.24) is 5.32 Å². The van der Waals surface area contributed by atoms with Gasteiger partial charge in [0.05, 0.1) is 12.3 Å². The second-order valence-electron chi connectivity index (χ2n) is 5.23. The second-order valence-corrected chi connectivity index (χ2v) is 7.53. The molecule has 1 heterocycles. The van der Waals surface area contributed by atoms with Gasteiger partial charge in [-0.1, -0.05) is 50.2 Å². The third-order valence-electron chi connectivity index (χ3n) is 3.94. The van der Waals surface area contributed by atoms with Crippen LogP contribution in [0, 0.1) is 11.8 Å². The molecule has 1 amide bonds. The Kier molecular flexibility index (Phi) is 5.42. The Hall–Kier alpha value is -0.160. The first kappa shape index (κ1) is 14.3. The van der Waals surface area contributed by atoms with Crippen molar-refractivity contribution in [2.24, 2.45) is 16.8 Å². The van der Waals surface area contributed by atoms with Crippen LogP contribution < -0.4 is 5.32 Å². The lowest BCUT2D eigenvalue weighted by Gasteiger charge is -2.34. The number of amides is 1. The maximum atomic E-state index is 11.9. The standard InChI is InChI=1S/C13H22N2OS2/c1-9-4-3-5-11(10(9)2)15-12(16)8-18-13-14-6-7-17-13/h9-11H,3-8H2,1-2H3,(H,15,16)/t9-,10+,11+/m1/s1. The molecule has 0 aromatic carbocycles. The highest BCUT2D eigenvalue weighted by Gasteiger charge is 2.28. The number of aliphatic imine (C=N–C) groups is 1. The van der Waals surface area contributed by atoms with Crippen LogP contribution in [0.25, 0.3) is 0 Å². The highest BCUT2D eigenvalue weighted by Crippen LogP contribution is 2.29. The predicted octanol–water partition coefficient (Wildman–Crippen LogP) is 2.76. The first-order valence-electron chi connectivity index (χ1n) is 6.76. The van der Waals surface area contributed by atoms with Crippen LogP contribution in [-0.4, -0.2) is 34.4 Å². The Labute approximate surface area is 118 Å². The molecule has 2 aliphatic rings. The van der Waals surface area contributed by atoms with Gasteiger partial charge in [0.1, 0.15) is 4.38 Å². The van der Waals surface area contributed by atoms with Crippen molar-refractivity contribution in [2.75, 3.05) is 18.1 Å². The summed E-state index contributed by atoms with van der Waals surface area (Å²) < 4.78 is 1.08. The molecule has 5 heteroatoms. The Bertz CT molecular complexity index is 333. The zero-order valence-corrected chi connectivity index (χ0v) is 12.8. The minimum Gasteiger partial charge on any atom is -0.352 e. The van der Waals surface area contributed by atoms with E-state index < -0.39 is 0 Å². The van der Waals surface area contributed by atoms with Gasteiger partial charge in [0.25, 0.3) is 0 Å². The summed E-state index contributed by atoms with van der Waals surface area (Å²) in [7, 11) is 0. The fourth-order valence-corrected chi connectivity index (χ4v) is 4.38. The van der Waals surface area contributed by atoms with Gasteiger partial charge >= 0.3 is 0 Å². The van der Waals surface area contributed by atoms with Gasteiger partial charge in [-0.3, -0.25) is 9.79 Å². The number of nitrogens with zero attached hydrogens (tertiary/aromatic N) is 1. The van der Waals surface area contributed by atoms with Crippen LogP contribution in [0.15, 0.2) is 4.99 Å². The van der Waals surface area contributed by atoms with Crippen molar-refractivity contribution in [3.8, 4) is 0 Å². The lowest BCUT2D eigenvalue weighted by molar-refractivity contribution is -0.119. The van der Waals surface area contributed by atoms with Crippen LogP contribution in [0.3, 0.4) is 0 Å². The first-order valence-corrected chi connectivity index (χ1v) is 8.73. The van der Waals surface area contributed by atoms with E-state index in [0.29, 0.717) is 17.7 Å². The minimum atomic E-state index is 0.168. The van der Waals surface area contributed by atoms with E-state index in [1.54, 1.807) is 23.5 Å². The number of carbonyl (C=O) groups excluding carboxylic acids is 1. The van der Waals surface area contributed by atoms with E-state index in [-0.39, 0.29) is 5.91 Å². The number of carbonyl (C=O) groups is 1. The molecule has 0 radical (unpaired) electrons. The predicted molar refractivity (Wildman–Crippen MR) is 81.3 cm³/mol. The summed E-state index contributed by atoms with van der Waals surface area (Å²) >= 11 is 3.35. The maximum absolute atomic E-state index is 11.9. The SMILES string of the molecule is C[C@H]1[C@H](C)CCC[C@@H]1NC(=O)CSC1=NCCS1. The van der Waals surface area contributed by atoms with Gasteiger partial charge in [-0.15, -0.1) is 0 Å². The van der Waals surface area contributed by atoms with Crippen LogP contribution in [0.2, 0.25) is 0 Å². The van der Waals surface area contributed by atoms with Crippen molar-refractivity contribution in [2.45, 2.75) is 39.2 Å². The molecule has 1 fully saturated rings. The highest BCUT2D eigenvalue weighted by atomic mass is 32.2. The molecule has 0 bridgehead atoms. The Morgan fingerprint density at radius 3 is 3.06 bits per heavy atom. The van der Waals surface area contributed by atoms with Crippen LogP contribution in [0.1, 0.15) is 33.1 Å². The van der Waals surface area contributed by atoms with Gasteiger partial charge in [0.15, 0.2) is 0 Å². The van der Waals surface area contributed by atoms with Crippen molar-refractivity contribution >= 4 is 33.8 Å². The molecule has 0 unspecified atom stereocenters. The maximum Gasteiger partial charge on any atom is 0.230 e. The van der Waals surface area contributed by atoms with Gasteiger partial charge in [-0.2, -0.15) is 0 Å². The largest absolute Gasteiger partial charge is 0.352 e. The van der Waals surface area contributed by atoms with E-state index in [1.807, 2.05) is 0 Å². The fraction of sp³-hybridized carbons (Fsp3) is 0.846. The summed E-state index contributed by atoms with van der Waals surface area (Å²) in [5, 5.41) is 3.20. The quantitative estimate of drug-likeness (QED) is 0.867. The molecule has 1 aliphatic carbocycles. The summed E-state index contributed by atoms with van der Waals surface area (Å²) in [5.74, 6) is 3.09. The van der Waals surface area contributed by atoms with Crippen LogP contribution in [0.5, 0.6) is 0 Å². The molecule has 1 saturated carbocycles. The van der Waals surface area contributed by atoms with Gasteiger partial charge in [-0.05, 0) is 18.3 Å². The summed E-state index contributed by atoms with van der Waals surface area (Å²) in [4.78, 5) is 16.3. The minimum absolute atomic E-state index is 0.168. The van der Waals surface area contributed by atoms with E-state index in [0.717, 1.165) is 29.0 Å². The number of nitrogens with one attached hydrogen (secondary N) is 1. The summed E-state index contributed by atoms with van der Waals surface area (Å²) in [6, 6.07) is 0.375. The van der Waals surface area contributed by atoms with E-state index in [2.05, 4.69) is 24.2 Å². The molecule has 3 atom stereocenters. The normalized spacial score (nSPS) is 32.1. The second kappa shape index (κ2) is 6.85. The monoisotopic (exact) mass is 286 g/mol. The lowest BCUT2D eigenvalue weighted by Crippen LogP contribution is -2.44. The highest BCUT2D eigenvalue weighted by molar-refractivity contribution is 8.39. The number of hydrogen-bond acceptors (Lipinski definition) is 4. The average molecular weight is 286 g/mol. The van der Waals surface area contributed by atoms with Crippen LogP contribution in [-0.2, 0) is 4.79 Å². The molecule has 18 heavy (non-hydrogen) atoms. The van der Waals surface area contributed by atoms with E-state index in [1.165, 1.54) is 12.8 Å². The van der Waals surface area contributed by atoms with Crippen LogP contribution >= 0.6 is 23.5 Å². The molecule has 0 aromatic heterocycles. The van der Waals surface area contributed by atoms with E-state index in [9.17, 15) is 4.79 Å². The van der Waals surface area contributed by atoms with E-state index >= 15 is 0 Å². The molecule has 1 N–H and O–H groups in total. The Balaban J connectivity index is 1.72. The van der Waals surface area contributed by atoms with Crippen molar-refractivity contribution in [3.05, 3.63) is 0 Å². The topological polar surface area (TPSA) is 41.5 Å². The van der Waals surface area contributed by atoms with Gasteiger partial charge in [0.2, 0.25) is 5.91 Å². The molecule has 0 spiro atoms. The molecule has 1 aliphatic heterocycles. The average Bonchev–Trinajstić information content (AvgIpc) is 2.86. The number of hydrogen-bond donors (Lipinski definition) is 1. The zero-order chi connectivity index (χ0) is 13.0. The summed E-state index contributed by atoms with van der Waals surface area (Å²) in [5.41, 5.74) is 0. The van der Waals surface area contributed by atoms with E-state index in [4.69, 9.17) is 0 Å². The Morgan fingerprint density at radius 2 is 2.33 bits per heavy atom. The van der Waals surface area contributed by atoms with Gasteiger partial charge < -0.3 is 5.32 Å². The van der Waals surface area contributed by atoms with Crippen molar-refractivity contribution in [1.29, 1.82) is 0 Å². The molecular weight excluding hydrogens is 264 g/mol. The molecule has 2 rings (SSSR count). The molecular formula is C13H22N2OS2. The summed E-state index contributed by atoms with van der Waals surface area (Å²) in [6.07, 6.45) is 3.68. The van der Waals surface area contributed by atoms with Gasteiger partial charge in [0, 0.05) is 11.8 Å². The first-order chi connectivity index (χ1) is 8.66.